The zero-order valence-electron chi connectivity index (χ0n) is 14.4. The second kappa shape index (κ2) is 8.34. The third-order valence-electron chi connectivity index (χ3n) is 4.38. The molecule has 25 heavy (non-hydrogen) atoms. The summed E-state index contributed by atoms with van der Waals surface area (Å²) in [5.74, 6) is 0. The zero-order valence-corrected chi connectivity index (χ0v) is 15.2. The lowest BCUT2D eigenvalue weighted by atomic mass is 10.0. The van der Waals surface area contributed by atoms with E-state index in [1.54, 1.807) is 16.2 Å². The maximum atomic E-state index is 13.0. The van der Waals surface area contributed by atoms with Crippen molar-refractivity contribution < 1.29 is 5.11 Å². The maximum Gasteiger partial charge on any atom is 0.329 e. The van der Waals surface area contributed by atoms with Crippen LogP contribution in [0.4, 0.5) is 0 Å². The van der Waals surface area contributed by atoms with Gasteiger partial charge >= 0.3 is 5.69 Å². The highest BCUT2D eigenvalue weighted by Crippen LogP contribution is 2.25. The standard InChI is InChI=1S/C19H23N3O2.ClH/c1-3-21-15-11-7-8-12-16(15)22(19(21)24)18(17(23)13-20-2)14-9-5-4-6-10-14;/h4-12,17-18,20,23H,3,13H2,1-2H3;1H/t17-,18-;/m0./s1. The highest BCUT2D eigenvalue weighted by Gasteiger charge is 2.27. The van der Waals surface area contributed by atoms with Gasteiger partial charge in [-0.25, -0.2) is 4.79 Å². The van der Waals surface area contributed by atoms with Crippen LogP contribution in [0.3, 0.4) is 0 Å². The van der Waals surface area contributed by atoms with Crippen molar-refractivity contribution >= 4 is 23.4 Å². The van der Waals surface area contributed by atoms with Gasteiger partial charge in [0.15, 0.2) is 0 Å². The van der Waals surface area contributed by atoms with Gasteiger partial charge in [0.2, 0.25) is 0 Å². The highest BCUT2D eigenvalue weighted by atomic mass is 35.5. The van der Waals surface area contributed by atoms with E-state index in [0.29, 0.717) is 13.1 Å². The number of hydrogen-bond donors (Lipinski definition) is 2. The molecule has 0 radical (unpaired) electrons. The quantitative estimate of drug-likeness (QED) is 0.709. The largest absolute Gasteiger partial charge is 0.389 e. The van der Waals surface area contributed by atoms with Crippen molar-refractivity contribution in [2.45, 2.75) is 25.6 Å². The van der Waals surface area contributed by atoms with Crippen LogP contribution in [-0.4, -0.2) is 33.9 Å². The lowest BCUT2D eigenvalue weighted by Crippen LogP contribution is -2.38. The van der Waals surface area contributed by atoms with Gasteiger partial charge in [-0.15, -0.1) is 12.4 Å². The molecule has 0 spiro atoms. The van der Waals surface area contributed by atoms with Crippen LogP contribution < -0.4 is 11.0 Å². The molecule has 2 atom stereocenters. The smallest absolute Gasteiger partial charge is 0.329 e. The van der Waals surface area contributed by atoms with E-state index in [9.17, 15) is 9.90 Å². The molecule has 0 saturated carbocycles. The molecule has 0 amide bonds. The number of imidazole rings is 1. The van der Waals surface area contributed by atoms with E-state index in [2.05, 4.69) is 5.32 Å². The minimum atomic E-state index is -0.716. The van der Waals surface area contributed by atoms with Crippen molar-refractivity contribution in [3.05, 3.63) is 70.6 Å². The second-order valence-corrected chi connectivity index (χ2v) is 5.87. The number of para-hydroxylation sites is 2. The number of benzene rings is 2. The number of aryl methyl sites for hydroxylation is 1. The molecule has 0 fully saturated rings. The molecule has 2 aromatic carbocycles. The van der Waals surface area contributed by atoms with Crippen LogP contribution in [-0.2, 0) is 6.54 Å². The SMILES string of the molecule is CCn1c(=O)n([C@@H](c2ccccc2)[C@@H](O)CNC)c2ccccc21.Cl. The third kappa shape index (κ3) is 3.49. The van der Waals surface area contributed by atoms with E-state index in [1.807, 2.05) is 61.5 Å². The zero-order chi connectivity index (χ0) is 17.1. The molecule has 2 N–H and O–H groups in total. The van der Waals surface area contributed by atoms with Gasteiger partial charge in [-0.1, -0.05) is 42.5 Å². The molecule has 1 heterocycles. The number of likely N-dealkylation sites (N-methyl/N-ethyl adjacent to an activating group) is 1. The third-order valence-corrected chi connectivity index (χ3v) is 4.38. The molecule has 1 aromatic heterocycles. The molecule has 0 aliphatic rings. The van der Waals surface area contributed by atoms with Crippen molar-refractivity contribution in [2.75, 3.05) is 13.6 Å². The molecule has 3 aromatic rings. The Morgan fingerprint density at radius 1 is 1.04 bits per heavy atom. The monoisotopic (exact) mass is 361 g/mol. The van der Waals surface area contributed by atoms with Gasteiger partial charge < -0.3 is 10.4 Å². The van der Waals surface area contributed by atoms with E-state index in [1.165, 1.54) is 0 Å². The Kier molecular flexibility index (Phi) is 6.42. The maximum absolute atomic E-state index is 13.0. The topological polar surface area (TPSA) is 59.2 Å². The Labute approximate surface area is 153 Å². The number of hydrogen-bond acceptors (Lipinski definition) is 3. The van der Waals surface area contributed by atoms with E-state index >= 15 is 0 Å². The molecule has 134 valence electrons. The van der Waals surface area contributed by atoms with Gasteiger partial charge in [0.25, 0.3) is 0 Å². The van der Waals surface area contributed by atoms with Crippen LogP contribution in [0.15, 0.2) is 59.4 Å². The summed E-state index contributed by atoms with van der Waals surface area (Å²) >= 11 is 0. The molecule has 3 rings (SSSR count). The lowest BCUT2D eigenvalue weighted by Gasteiger charge is -2.25. The van der Waals surface area contributed by atoms with E-state index in [0.717, 1.165) is 16.6 Å². The Morgan fingerprint density at radius 2 is 1.64 bits per heavy atom. The van der Waals surface area contributed by atoms with Crippen molar-refractivity contribution in [2.24, 2.45) is 0 Å². The van der Waals surface area contributed by atoms with E-state index < -0.39 is 12.1 Å². The minimum absolute atomic E-state index is 0. The number of nitrogens with zero attached hydrogens (tertiary/aromatic N) is 2. The normalized spacial score (nSPS) is 13.4. The summed E-state index contributed by atoms with van der Waals surface area (Å²) in [6.07, 6.45) is -0.716. The fourth-order valence-electron chi connectivity index (χ4n) is 3.32. The summed E-state index contributed by atoms with van der Waals surface area (Å²) in [6.45, 7) is 2.95. The fraction of sp³-hybridized carbons (Fsp3) is 0.316. The number of aliphatic hydroxyl groups excluding tert-OH is 1. The first-order valence-corrected chi connectivity index (χ1v) is 8.26. The fourth-order valence-corrected chi connectivity index (χ4v) is 3.32. The Bertz CT molecular complexity index is 873. The Morgan fingerprint density at radius 3 is 2.24 bits per heavy atom. The number of fused-ring (bicyclic) bond motifs is 1. The lowest BCUT2D eigenvalue weighted by molar-refractivity contribution is 0.130. The van der Waals surface area contributed by atoms with Gasteiger partial charge in [0.05, 0.1) is 23.2 Å². The van der Waals surface area contributed by atoms with Crippen molar-refractivity contribution in [3.8, 4) is 0 Å². The molecule has 0 unspecified atom stereocenters. The summed E-state index contributed by atoms with van der Waals surface area (Å²) in [5.41, 5.74) is 2.56. The molecule has 0 bridgehead atoms. The number of aliphatic hydroxyl groups is 1. The van der Waals surface area contributed by atoms with Gasteiger partial charge in [0.1, 0.15) is 0 Å². The molecular formula is C19H24ClN3O2. The number of nitrogens with one attached hydrogen (secondary N) is 1. The Balaban J connectivity index is 0.00000225. The van der Waals surface area contributed by atoms with Gasteiger partial charge in [-0.2, -0.15) is 0 Å². The van der Waals surface area contributed by atoms with E-state index in [-0.39, 0.29) is 18.1 Å². The molecule has 0 aliphatic heterocycles. The molecule has 6 heteroatoms. The summed E-state index contributed by atoms with van der Waals surface area (Å²) in [6, 6.07) is 17.0. The highest BCUT2D eigenvalue weighted by molar-refractivity contribution is 5.85. The van der Waals surface area contributed by atoms with Crippen molar-refractivity contribution in [3.63, 3.8) is 0 Å². The first-order chi connectivity index (χ1) is 11.7. The van der Waals surface area contributed by atoms with Crippen LogP contribution in [0.2, 0.25) is 0 Å². The Hall–Kier alpha value is -2.08. The van der Waals surface area contributed by atoms with Crippen molar-refractivity contribution in [1.82, 2.24) is 14.5 Å². The van der Waals surface area contributed by atoms with Crippen LogP contribution >= 0.6 is 12.4 Å². The second-order valence-electron chi connectivity index (χ2n) is 5.87. The van der Waals surface area contributed by atoms with Crippen LogP contribution in [0.1, 0.15) is 18.5 Å². The number of rotatable bonds is 6. The van der Waals surface area contributed by atoms with Crippen LogP contribution in [0, 0.1) is 0 Å². The molecule has 0 aliphatic carbocycles. The summed E-state index contributed by atoms with van der Waals surface area (Å²) in [4.78, 5) is 13.0. The minimum Gasteiger partial charge on any atom is -0.389 e. The van der Waals surface area contributed by atoms with Crippen molar-refractivity contribution in [1.29, 1.82) is 0 Å². The van der Waals surface area contributed by atoms with E-state index in [4.69, 9.17) is 0 Å². The van der Waals surface area contributed by atoms with Crippen LogP contribution in [0.25, 0.3) is 11.0 Å². The predicted octanol–water partition coefficient (Wildman–Crippen LogP) is 2.41. The summed E-state index contributed by atoms with van der Waals surface area (Å²) < 4.78 is 3.47. The summed E-state index contributed by atoms with van der Waals surface area (Å²) in [5, 5.41) is 13.8. The average molecular weight is 362 g/mol. The number of halogens is 1. The summed E-state index contributed by atoms with van der Waals surface area (Å²) in [7, 11) is 1.80. The van der Waals surface area contributed by atoms with Gasteiger partial charge in [-0.3, -0.25) is 9.13 Å². The van der Waals surface area contributed by atoms with Gasteiger partial charge in [0, 0.05) is 13.1 Å². The first kappa shape index (κ1) is 19.2. The predicted molar refractivity (Wildman–Crippen MR) is 104 cm³/mol. The first-order valence-electron chi connectivity index (χ1n) is 8.26. The van der Waals surface area contributed by atoms with Crippen LogP contribution in [0.5, 0.6) is 0 Å². The molecule has 5 nitrogen and oxygen atoms in total. The van der Waals surface area contributed by atoms with Gasteiger partial charge in [-0.05, 0) is 31.7 Å². The molecular weight excluding hydrogens is 338 g/mol. The molecule has 0 saturated heterocycles. The number of aromatic nitrogens is 2. The average Bonchev–Trinajstić information content (AvgIpc) is 2.88.